The second-order valence-electron chi connectivity index (χ2n) is 6.63. The molecule has 0 bridgehead atoms. The van der Waals surface area contributed by atoms with E-state index in [9.17, 15) is 4.79 Å². The van der Waals surface area contributed by atoms with Crippen LogP contribution in [-0.4, -0.2) is 42.0 Å². The summed E-state index contributed by atoms with van der Waals surface area (Å²) < 4.78 is 0. The smallest absolute Gasteiger partial charge is 0.255 e. The Balaban J connectivity index is 1.63. The summed E-state index contributed by atoms with van der Waals surface area (Å²) in [6.45, 7) is 8.03. The van der Waals surface area contributed by atoms with E-state index in [1.165, 1.54) is 12.1 Å². The Bertz CT molecular complexity index is 702. The van der Waals surface area contributed by atoms with Crippen LogP contribution in [0.1, 0.15) is 43.5 Å². The molecule has 0 radical (unpaired) electrons. The van der Waals surface area contributed by atoms with Crippen LogP contribution in [0.5, 0.6) is 0 Å². The van der Waals surface area contributed by atoms with Crippen molar-refractivity contribution in [3.8, 4) is 0 Å². The van der Waals surface area contributed by atoms with Crippen molar-refractivity contribution in [2.75, 3.05) is 36.4 Å². The molecule has 1 fully saturated rings. The van der Waals surface area contributed by atoms with E-state index in [4.69, 9.17) is 0 Å². The molecular formula is C21H28N4O. The van der Waals surface area contributed by atoms with Gasteiger partial charge >= 0.3 is 0 Å². The number of nitrogens with one attached hydrogen (secondary N) is 1. The van der Waals surface area contributed by atoms with Gasteiger partial charge in [-0.3, -0.25) is 4.79 Å². The second kappa shape index (κ2) is 8.70. The third-order valence-corrected chi connectivity index (χ3v) is 4.92. The number of likely N-dealkylation sites (tertiary alicyclic amines) is 1. The molecular weight excluding hydrogens is 324 g/mol. The second-order valence-corrected chi connectivity index (χ2v) is 6.63. The number of carbonyl (C=O) groups is 1. The first-order valence-corrected chi connectivity index (χ1v) is 9.58. The summed E-state index contributed by atoms with van der Waals surface area (Å²) in [7, 11) is 0. The lowest BCUT2D eigenvalue weighted by Crippen LogP contribution is -2.35. The highest BCUT2D eigenvalue weighted by atomic mass is 16.2. The zero-order chi connectivity index (χ0) is 18.4. The third kappa shape index (κ3) is 4.34. The summed E-state index contributed by atoms with van der Waals surface area (Å²) in [4.78, 5) is 21.1. The number of amides is 1. The predicted octanol–water partition coefficient (Wildman–Crippen LogP) is 4.30. The minimum absolute atomic E-state index is 0.0901. The number of benzene rings is 1. The fourth-order valence-corrected chi connectivity index (χ4v) is 3.37. The van der Waals surface area contributed by atoms with E-state index in [1.54, 1.807) is 6.20 Å². The van der Waals surface area contributed by atoms with Crippen LogP contribution < -0.4 is 10.2 Å². The van der Waals surface area contributed by atoms with Gasteiger partial charge in [-0.1, -0.05) is 0 Å². The Hall–Kier alpha value is -2.56. The molecule has 1 N–H and O–H groups in total. The molecule has 1 aromatic heterocycles. The van der Waals surface area contributed by atoms with Crippen molar-refractivity contribution in [2.45, 2.75) is 33.1 Å². The Morgan fingerprint density at radius 2 is 1.73 bits per heavy atom. The molecule has 0 spiro atoms. The SMILES string of the molecule is CCN(CC)c1ccc(Nc2ccc(C(=O)N3CCCCC3)cn2)cc1. The molecule has 138 valence electrons. The van der Waals surface area contributed by atoms with Crippen molar-refractivity contribution >= 4 is 23.1 Å². The summed E-state index contributed by atoms with van der Waals surface area (Å²) in [6.07, 6.45) is 5.09. The van der Waals surface area contributed by atoms with Crippen LogP contribution in [-0.2, 0) is 0 Å². The average Bonchev–Trinajstić information content (AvgIpc) is 2.71. The number of hydrogen-bond acceptors (Lipinski definition) is 4. The normalized spacial score (nSPS) is 14.2. The lowest BCUT2D eigenvalue weighted by Gasteiger charge is -2.26. The number of anilines is 3. The lowest BCUT2D eigenvalue weighted by molar-refractivity contribution is 0.0724. The van der Waals surface area contributed by atoms with Gasteiger partial charge in [0.05, 0.1) is 5.56 Å². The zero-order valence-electron chi connectivity index (χ0n) is 15.7. The molecule has 5 nitrogen and oxygen atoms in total. The molecule has 1 aliphatic rings. The standard InChI is InChI=1S/C21H28N4O/c1-3-24(4-2)19-11-9-18(10-12-19)23-20-13-8-17(16-22-20)21(26)25-14-6-5-7-15-25/h8-13,16H,3-7,14-15H2,1-2H3,(H,22,23). The van der Waals surface area contributed by atoms with E-state index >= 15 is 0 Å². The quantitative estimate of drug-likeness (QED) is 0.842. The monoisotopic (exact) mass is 352 g/mol. The summed E-state index contributed by atoms with van der Waals surface area (Å²) in [6, 6.07) is 12.1. The fourth-order valence-electron chi connectivity index (χ4n) is 3.37. The third-order valence-electron chi connectivity index (χ3n) is 4.92. The summed E-state index contributed by atoms with van der Waals surface area (Å²) in [5.74, 6) is 0.836. The van der Waals surface area contributed by atoms with Crippen LogP contribution in [0.25, 0.3) is 0 Å². The van der Waals surface area contributed by atoms with E-state index in [-0.39, 0.29) is 5.91 Å². The summed E-state index contributed by atoms with van der Waals surface area (Å²) in [5.41, 5.74) is 2.87. The molecule has 2 heterocycles. The van der Waals surface area contributed by atoms with Crippen LogP contribution in [0.4, 0.5) is 17.2 Å². The fraction of sp³-hybridized carbons (Fsp3) is 0.429. The molecule has 0 aliphatic carbocycles. The van der Waals surface area contributed by atoms with Crippen molar-refractivity contribution in [3.05, 3.63) is 48.2 Å². The van der Waals surface area contributed by atoms with Gasteiger partial charge in [0.2, 0.25) is 0 Å². The minimum atomic E-state index is 0.0901. The van der Waals surface area contributed by atoms with Gasteiger partial charge < -0.3 is 15.1 Å². The Labute approximate surface area is 156 Å². The minimum Gasteiger partial charge on any atom is -0.372 e. The van der Waals surface area contributed by atoms with Gasteiger partial charge in [-0.25, -0.2) is 4.98 Å². The van der Waals surface area contributed by atoms with Crippen molar-refractivity contribution in [1.82, 2.24) is 9.88 Å². The molecule has 1 amide bonds. The van der Waals surface area contributed by atoms with Crippen LogP contribution in [0.2, 0.25) is 0 Å². The maximum absolute atomic E-state index is 12.5. The maximum Gasteiger partial charge on any atom is 0.255 e. The van der Waals surface area contributed by atoms with Gasteiger partial charge in [0, 0.05) is 43.8 Å². The topological polar surface area (TPSA) is 48.5 Å². The first-order chi connectivity index (χ1) is 12.7. The summed E-state index contributed by atoms with van der Waals surface area (Å²) >= 11 is 0. The van der Waals surface area contributed by atoms with Crippen LogP contribution in [0.3, 0.4) is 0 Å². The van der Waals surface area contributed by atoms with Crippen LogP contribution in [0, 0.1) is 0 Å². The van der Waals surface area contributed by atoms with Crippen molar-refractivity contribution in [2.24, 2.45) is 0 Å². The van der Waals surface area contributed by atoms with Gasteiger partial charge in [-0.2, -0.15) is 0 Å². The largest absolute Gasteiger partial charge is 0.372 e. The molecule has 1 aliphatic heterocycles. The molecule has 1 saturated heterocycles. The van der Waals surface area contributed by atoms with Gasteiger partial charge in [-0.15, -0.1) is 0 Å². The molecule has 0 saturated carbocycles. The Morgan fingerprint density at radius 1 is 1.04 bits per heavy atom. The predicted molar refractivity (Wildman–Crippen MR) is 107 cm³/mol. The lowest BCUT2D eigenvalue weighted by atomic mass is 10.1. The summed E-state index contributed by atoms with van der Waals surface area (Å²) in [5, 5.41) is 3.30. The van der Waals surface area contributed by atoms with Crippen molar-refractivity contribution in [3.63, 3.8) is 0 Å². The average molecular weight is 352 g/mol. The molecule has 0 unspecified atom stereocenters. The van der Waals surface area contributed by atoms with E-state index in [2.05, 4.69) is 53.3 Å². The highest BCUT2D eigenvalue weighted by Gasteiger charge is 2.18. The van der Waals surface area contributed by atoms with E-state index in [0.717, 1.165) is 50.5 Å². The number of hydrogen-bond donors (Lipinski definition) is 1. The molecule has 0 atom stereocenters. The number of carbonyl (C=O) groups excluding carboxylic acids is 1. The van der Waals surface area contributed by atoms with E-state index in [1.807, 2.05) is 17.0 Å². The van der Waals surface area contributed by atoms with Crippen LogP contribution in [0.15, 0.2) is 42.6 Å². The number of piperidine rings is 1. The Morgan fingerprint density at radius 3 is 2.31 bits per heavy atom. The van der Waals surface area contributed by atoms with Crippen molar-refractivity contribution in [1.29, 1.82) is 0 Å². The highest BCUT2D eigenvalue weighted by molar-refractivity contribution is 5.94. The van der Waals surface area contributed by atoms with Crippen molar-refractivity contribution < 1.29 is 4.79 Å². The van der Waals surface area contributed by atoms with E-state index in [0.29, 0.717) is 5.56 Å². The number of aromatic nitrogens is 1. The maximum atomic E-state index is 12.5. The number of nitrogens with zero attached hydrogens (tertiary/aromatic N) is 3. The van der Waals surface area contributed by atoms with Gasteiger partial charge in [0.1, 0.15) is 5.82 Å². The zero-order valence-corrected chi connectivity index (χ0v) is 15.7. The first-order valence-electron chi connectivity index (χ1n) is 9.58. The highest BCUT2D eigenvalue weighted by Crippen LogP contribution is 2.21. The molecule has 26 heavy (non-hydrogen) atoms. The van der Waals surface area contributed by atoms with Gasteiger partial charge in [0.15, 0.2) is 0 Å². The number of rotatable bonds is 6. The van der Waals surface area contributed by atoms with Gasteiger partial charge in [0.25, 0.3) is 5.91 Å². The van der Waals surface area contributed by atoms with Gasteiger partial charge in [-0.05, 0) is 69.5 Å². The molecule has 1 aromatic carbocycles. The molecule has 5 heteroatoms. The first kappa shape index (κ1) is 18.2. The molecule has 3 rings (SSSR count). The number of pyridine rings is 1. The Kier molecular flexibility index (Phi) is 6.10. The van der Waals surface area contributed by atoms with E-state index < -0.39 is 0 Å². The van der Waals surface area contributed by atoms with Crippen LogP contribution >= 0.6 is 0 Å². The molecule has 2 aromatic rings.